The number of thioether (sulfide) groups is 1. The van der Waals surface area contributed by atoms with Gasteiger partial charge in [-0.3, -0.25) is 4.79 Å². The number of aromatic hydroxyl groups is 1. The Balaban J connectivity index is 1.36. The van der Waals surface area contributed by atoms with Crippen LogP contribution in [0.3, 0.4) is 0 Å². The highest BCUT2D eigenvalue weighted by molar-refractivity contribution is 8.00. The van der Waals surface area contributed by atoms with E-state index in [1.807, 2.05) is 9.80 Å². The number of anilines is 5. The van der Waals surface area contributed by atoms with Crippen molar-refractivity contribution in [1.29, 1.82) is 0 Å². The minimum atomic E-state index is -4.47. The number of phenolic OH excluding ortho intramolecular Hbond substituents is 1. The summed E-state index contributed by atoms with van der Waals surface area (Å²) in [7, 11) is 0. The van der Waals surface area contributed by atoms with Gasteiger partial charge in [0.05, 0.1) is 5.56 Å². The van der Waals surface area contributed by atoms with Gasteiger partial charge in [0.1, 0.15) is 5.75 Å². The molecular formula is C27H34F3N11O2S. The first-order valence-corrected chi connectivity index (χ1v) is 14.7. The molecule has 2 aromatic carbocycles. The molecule has 17 heteroatoms. The number of hydrogen-bond donors (Lipinski definition) is 7. The van der Waals surface area contributed by atoms with Crippen LogP contribution in [-0.4, -0.2) is 81.8 Å². The molecule has 0 aliphatic carbocycles. The quantitative estimate of drug-likeness (QED) is 0.186. The van der Waals surface area contributed by atoms with Gasteiger partial charge in [0.15, 0.2) is 0 Å². The summed E-state index contributed by atoms with van der Waals surface area (Å²) < 4.78 is 38.2. The first-order valence-electron chi connectivity index (χ1n) is 13.9. The molecule has 5 rings (SSSR count). The van der Waals surface area contributed by atoms with Crippen LogP contribution in [0.25, 0.3) is 0 Å². The fourth-order valence-corrected chi connectivity index (χ4v) is 5.88. The Morgan fingerprint density at radius 2 is 1.41 bits per heavy atom. The summed E-state index contributed by atoms with van der Waals surface area (Å²) in [6.07, 6.45) is 1.35. The Labute approximate surface area is 255 Å². The van der Waals surface area contributed by atoms with E-state index in [1.165, 1.54) is 42.5 Å². The normalized spacial score (nSPS) is 22.5. The fourth-order valence-electron chi connectivity index (χ4n) is 5.28. The molecule has 0 radical (unpaired) electrons. The minimum Gasteiger partial charge on any atom is -0.507 e. The number of amides is 1. The van der Waals surface area contributed by atoms with Crippen LogP contribution in [0.4, 0.5) is 42.4 Å². The molecule has 1 amide bonds. The number of carbonyl (C=O) groups excluding carboxylic acids is 1. The second-order valence-electron chi connectivity index (χ2n) is 11.0. The number of phenols is 1. The SMILES string of the molecule is N[C@@H]1C[C@H](N)CN(c2nc(Nc3ccc(C(=O)Nc4cccc(SC(F)(F)F)c4)c(O)c3)nc(N3C[C@H](N)C[C@H](N)C3)n2)C1. The van der Waals surface area contributed by atoms with E-state index in [0.29, 0.717) is 56.6 Å². The van der Waals surface area contributed by atoms with Crippen molar-refractivity contribution in [2.75, 3.05) is 46.6 Å². The molecule has 13 nitrogen and oxygen atoms in total. The van der Waals surface area contributed by atoms with Gasteiger partial charge in [-0.1, -0.05) is 6.07 Å². The van der Waals surface area contributed by atoms with Crippen LogP contribution in [-0.2, 0) is 0 Å². The first kappa shape index (κ1) is 31.5. The van der Waals surface area contributed by atoms with E-state index in [-0.39, 0.29) is 63.8 Å². The number of carbonyl (C=O) groups is 1. The monoisotopic (exact) mass is 633 g/mol. The topological polar surface area (TPSA) is 211 Å². The molecule has 2 fully saturated rings. The van der Waals surface area contributed by atoms with Gasteiger partial charge in [0.2, 0.25) is 17.8 Å². The van der Waals surface area contributed by atoms with E-state index < -0.39 is 11.4 Å². The van der Waals surface area contributed by atoms with E-state index >= 15 is 0 Å². The molecule has 3 aromatic rings. The standard InChI is InChI=1S/C27H34F3N11O2S/c28-27(29,30)44-20-3-1-2-18(8-20)35-23(43)21-5-4-19(9-22(21)42)36-24-37-25(40-10-14(31)6-15(32)11-40)39-26(38-24)41-12-16(33)7-17(34)13-41/h1-5,8-9,14-17,42H,6-7,10-13,31-34H2,(H,35,43)(H,36,37,38,39)/t14-,15+,16-,17+. The summed E-state index contributed by atoms with van der Waals surface area (Å²) >= 11 is -0.292. The lowest BCUT2D eigenvalue weighted by Crippen LogP contribution is -2.54. The van der Waals surface area contributed by atoms with Crippen molar-refractivity contribution in [2.45, 2.75) is 47.4 Å². The number of halogens is 3. The van der Waals surface area contributed by atoms with E-state index in [2.05, 4.69) is 25.6 Å². The molecule has 0 unspecified atom stereocenters. The predicted molar refractivity (Wildman–Crippen MR) is 163 cm³/mol. The number of aromatic nitrogens is 3. The Kier molecular flexibility index (Phi) is 9.31. The Hall–Kier alpha value is -3.90. The number of piperidine rings is 2. The molecule has 236 valence electrons. The van der Waals surface area contributed by atoms with Crippen LogP contribution < -0.4 is 43.4 Å². The Bertz CT molecular complexity index is 1430. The average molecular weight is 634 g/mol. The van der Waals surface area contributed by atoms with Gasteiger partial charge in [-0.05, 0) is 54.9 Å². The molecule has 2 saturated heterocycles. The number of nitrogens with zero attached hydrogens (tertiary/aromatic N) is 5. The summed E-state index contributed by atoms with van der Waals surface area (Å²) in [5.74, 6) is -0.183. The number of nitrogens with two attached hydrogens (primary N) is 4. The summed E-state index contributed by atoms with van der Waals surface area (Å²) in [5.41, 5.74) is 20.8. The zero-order chi connectivity index (χ0) is 31.6. The van der Waals surface area contributed by atoms with Crippen molar-refractivity contribution in [3.05, 3.63) is 48.0 Å². The number of nitrogens with one attached hydrogen (secondary N) is 2. The lowest BCUT2D eigenvalue weighted by Gasteiger charge is -2.37. The Morgan fingerprint density at radius 3 is 1.93 bits per heavy atom. The maximum atomic E-state index is 12.8. The first-order chi connectivity index (χ1) is 20.8. The number of rotatable bonds is 7. The van der Waals surface area contributed by atoms with Crippen molar-refractivity contribution in [3.8, 4) is 5.75 Å². The highest BCUT2D eigenvalue weighted by atomic mass is 32.2. The van der Waals surface area contributed by atoms with E-state index in [9.17, 15) is 23.1 Å². The minimum absolute atomic E-state index is 0.0859. The van der Waals surface area contributed by atoms with Gasteiger partial charge in [-0.25, -0.2) is 0 Å². The predicted octanol–water partition coefficient (Wildman–Crippen LogP) is 1.91. The zero-order valence-corrected chi connectivity index (χ0v) is 24.4. The summed E-state index contributed by atoms with van der Waals surface area (Å²) in [6.45, 7) is 1.99. The van der Waals surface area contributed by atoms with Crippen molar-refractivity contribution in [3.63, 3.8) is 0 Å². The van der Waals surface area contributed by atoms with Crippen molar-refractivity contribution < 1.29 is 23.1 Å². The average Bonchev–Trinajstić information content (AvgIpc) is 2.91. The van der Waals surface area contributed by atoms with Crippen molar-refractivity contribution in [1.82, 2.24) is 15.0 Å². The highest BCUT2D eigenvalue weighted by Gasteiger charge is 2.30. The third-order valence-electron chi connectivity index (χ3n) is 7.03. The second kappa shape index (κ2) is 13.0. The third-order valence-corrected chi connectivity index (χ3v) is 7.75. The maximum absolute atomic E-state index is 12.8. The summed E-state index contributed by atoms with van der Waals surface area (Å²) in [5, 5.41) is 16.2. The van der Waals surface area contributed by atoms with Crippen LogP contribution in [0.2, 0.25) is 0 Å². The maximum Gasteiger partial charge on any atom is 0.446 e. The molecule has 1 aromatic heterocycles. The van der Waals surface area contributed by atoms with Crippen LogP contribution >= 0.6 is 11.8 Å². The molecule has 0 spiro atoms. The Morgan fingerprint density at radius 1 is 0.841 bits per heavy atom. The largest absolute Gasteiger partial charge is 0.507 e. The van der Waals surface area contributed by atoms with Crippen molar-refractivity contribution >= 4 is 46.9 Å². The molecular weight excluding hydrogens is 599 g/mol. The molecule has 0 saturated carbocycles. The molecule has 4 atom stereocenters. The lowest BCUT2D eigenvalue weighted by atomic mass is 10.0. The van der Waals surface area contributed by atoms with Gasteiger partial charge in [-0.2, -0.15) is 28.1 Å². The molecule has 0 bridgehead atoms. The molecule has 2 aliphatic rings. The van der Waals surface area contributed by atoms with Gasteiger partial charge in [0.25, 0.3) is 5.91 Å². The van der Waals surface area contributed by atoms with Crippen LogP contribution in [0.5, 0.6) is 5.75 Å². The van der Waals surface area contributed by atoms with Crippen LogP contribution in [0, 0.1) is 0 Å². The number of benzene rings is 2. The van der Waals surface area contributed by atoms with E-state index in [1.54, 1.807) is 0 Å². The molecule has 2 aliphatic heterocycles. The fraction of sp³-hybridized carbons (Fsp3) is 0.407. The van der Waals surface area contributed by atoms with Gasteiger partial charge in [0, 0.05) is 72.7 Å². The third kappa shape index (κ3) is 8.17. The highest BCUT2D eigenvalue weighted by Crippen LogP contribution is 2.37. The zero-order valence-electron chi connectivity index (χ0n) is 23.5. The van der Waals surface area contributed by atoms with Crippen LogP contribution in [0.15, 0.2) is 47.4 Å². The second-order valence-corrected chi connectivity index (χ2v) is 12.1. The van der Waals surface area contributed by atoms with Gasteiger partial charge >= 0.3 is 5.51 Å². The van der Waals surface area contributed by atoms with Gasteiger partial charge < -0.3 is 48.5 Å². The van der Waals surface area contributed by atoms with E-state index in [4.69, 9.17) is 22.9 Å². The molecule has 11 N–H and O–H groups in total. The number of hydrogen-bond acceptors (Lipinski definition) is 13. The van der Waals surface area contributed by atoms with Gasteiger partial charge in [-0.15, -0.1) is 0 Å². The van der Waals surface area contributed by atoms with Crippen molar-refractivity contribution in [2.24, 2.45) is 22.9 Å². The lowest BCUT2D eigenvalue weighted by molar-refractivity contribution is -0.0328. The molecule has 3 heterocycles. The van der Waals surface area contributed by atoms with E-state index in [0.717, 1.165) is 0 Å². The number of alkyl halides is 3. The summed E-state index contributed by atoms with van der Waals surface area (Å²) in [6, 6.07) is 8.91. The summed E-state index contributed by atoms with van der Waals surface area (Å²) in [4.78, 5) is 30.4. The molecule has 44 heavy (non-hydrogen) atoms. The smallest absolute Gasteiger partial charge is 0.446 e. The van der Waals surface area contributed by atoms with Crippen LogP contribution in [0.1, 0.15) is 23.2 Å².